The lowest BCUT2D eigenvalue weighted by atomic mass is 10.1. The quantitative estimate of drug-likeness (QED) is 0.262. The van der Waals surface area contributed by atoms with Crippen LogP contribution in [0.25, 0.3) is 0 Å². The average Bonchev–Trinajstić information content (AvgIpc) is 2.44. The molecule has 0 radical (unpaired) electrons. The van der Waals surface area contributed by atoms with E-state index in [1.165, 1.54) is 43.3 Å². The highest BCUT2D eigenvalue weighted by Gasteiger charge is 2.04. The van der Waals surface area contributed by atoms with E-state index < -0.39 is 0 Å². The van der Waals surface area contributed by atoms with Gasteiger partial charge in [0.2, 0.25) is 0 Å². The van der Waals surface area contributed by atoms with Crippen LogP contribution in [0.2, 0.25) is 0 Å². The predicted octanol–water partition coefficient (Wildman–Crippen LogP) is 5.64. The molecule has 0 saturated carbocycles. The van der Waals surface area contributed by atoms with Gasteiger partial charge in [-0.05, 0) is 46.0 Å². The fourth-order valence-electron chi connectivity index (χ4n) is 2.17. The molecule has 0 aliphatic heterocycles. The van der Waals surface area contributed by atoms with Crippen molar-refractivity contribution in [2.75, 3.05) is 14.2 Å². The molecule has 20 heavy (non-hydrogen) atoms. The summed E-state index contributed by atoms with van der Waals surface area (Å²) in [7, 11) is 3.39. The molecule has 0 fully saturated rings. The van der Waals surface area contributed by atoms with E-state index in [0.29, 0.717) is 0 Å². The average molecular weight is 282 g/mol. The predicted molar refractivity (Wildman–Crippen MR) is 87.9 cm³/mol. The Kier molecular flexibility index (Phi) is 13.0. The lowest BCUT2D eigenvalue weighted by Crippen LogP contribution is -2.12. The largest absolute Gasteiger partial charge is 0.356 e. The van der Waals surface area contributed by atoms with Crippen LogP contribution in [0, 0.1) is 0 Å². The van der Waals surface area contributed by atoms with Crippen LogP contribution in [0.15, 0.2) is 23.3 Å². The first-order chi connectivity index (χ1) is 9.63. The van der Waals surface area contributed by atoms with Crippen molar-refractivity contribution in [3.63, 3.8) is 0 Å². The summed E-state index contributed by atoms with van der Waals surface area (Å²) in [6.07, 6.45) is 14.2. The zero-order chi connectivity index (χ0) is 15.2. The normalized spacial score (nSPS) is 13.3. The van der Waals surface area contributed by atoms with Crippen LogP contribution in [-0.2, 0) is 9.47 Å². The monoisotopic (exact) mass is 282 g/mol. The summed E-state index contributed by atoms with van der Waals surface area (Å²) in [5, 5.41) is 0. The Morgan fingerprint density at radius 3 is 2.10 bits per heavy atom. The minimum atomic E-state index is -0.0708. The fourth-order valence-corrected chi connectivity index (χ4v) is 2.17. The van der Waals surface area contributed by atoms with Gasteiger partial charge in [0.25, 0.3) is 0 Å². The first-order valence-corrected chi connectivity index (χ1v) is 8.00. The molecule has 2 nitrogen and oxygen atoms in total. The first-order valence-electron chi connectivity index (χ1n) is 8.00. The number of hydrogen-bond acceptors (Lipinski definition) is 2. The van der Waals surface area contributed by atoms with Crippen molar-refractivity contribution in [2.24, 2.45) is 0 Å². The zero-order valence-corrected chi connectivity index (χ0v) is 14.2. The second-order valence-corrected chi connectivity index (χ2v) is 5.58. The van der Waals surface area contributed by atoms with Gasteiger partial charge in [-0.15, -0.1) is 0 Å². The van der Waals surface area contributed by atoms with Crippen LogP contribution in [0.4, 0.5) is 0 Å². The molecule has 118 valence electrons. The van der Waals surface area contributed by atoms with Crippen LogP contribution in [0.3, 0.4) is 0 Å². The van der Waals surface area contributed by atoms with Crippen LogP contribution in [0.1, 0.15) is 72.1 Å². The van der Waals surface area contributed by atoms with Crippen molar-refractivity contribution < 1.29 is 9.47 Å². The number of unbranched alkanes of at least 4 members (excludes halogenated alkanes) is 3. The molecule has 2 heteroatoms. The highest BCUT2D eigenvalue weighted by molar-refractivity contribution is 5.03. The summed E-state index contributed by atoms with van der Waals surface area (Å²) >= 11 is 0. The van der Waals surface area contributed by atoms with E-state index in [-0.39, 0.29) is 6.29 Å². The van der Waals surface area contributed by atoms with Gasteiger partial charge < -0.3 is 9.47 Å². The summed E-state index contributed by atoms with van der Waals surface area (Å²) in [5.74, 6) is 0. The number of hydrogen-bond donors (Lipinski definition) is 0. The first kappa shape index (κ1) is 19.4. The Hall–Kier alpha value is -0.600. The van der Waals surface area contributed by atoms with E-state index in [2.05, 4.69) is 32.9 Å². The molecule has 0 saturated heterocycles. The Balaban J connectivity index is 3.81. The third-order valence-corrected chi connectivity index (χ3v) is 3.63. The van der Waals surface area contributed by atoms with Gasteiger partial charge in [0.1, 0.15) is 0 Å². The summed E-state index contributed by atoms with van der Waals surface area (Å²) < 4.78 is 10.4. The van der Waals surface area contributed by atoms with Gasteiger partial charge in [0.05, 0.1) is 0 Å². The van der Waals surface area contributed by atoms with Crippen molar-refractivity contribution in [1.82, 2.24) is 0 Å². The standard InChI is InChI=1S/C18H34O2/c1-6-7-8-9-11-16(2)12-10-13-17(3)14-15-18(19-4)20-5/h11,13,18H,6-10,12,14-15H2,1-5H3. The molecule has 0 rings (SSSR count). The Labute approximate surface area is 126 Å². The maximum Gasteiger partial charge on any atom is 0.157 e. The number of ether oxygens (including phenoxy) is 2. The molecule has 0 aliphatic rings. The molecule has 0 spiro atoms. The van der Waals surface area contributed by atoms with E-state index in [1.54, 1.807) is 14.2 Å². The molecule has 0 bridgehead atoms. The Morgan fingerprint density at radius 2 is 1.50 bits per heavy atom. The van der Waals surface area contributed by atoms with Gasteiger partial charge in [-0.25, -0.2) is 0 Å². The van der Waals surface area contributed by atoms with Gasteiger partial charge in [-0.1, -0.05) is 43.1 Å². The van der Waals surface area contributed by atoms with Crippen LogP contribution in [-0.4, -0.2) is 20.5 Å². The SMILES string of the molecule is CCCCCC=C(C)CCC=C(C)CCC(OC)OC. The molecule has 0 atom stereocenters. The highest BCUT2D eigenvalue weighted by atomic mass is 16.7. The molecule has 0 aromatic rings. The molecule has 0 aromatic heterocycles. The summed E-state index contributed by atoms with van der Waals surface area (Å²) in [6.45, 7) is 6.70. The van der Waals surface area contributed by atoms with E-state index in [9.17, 15) is 0 Å². The zero-order valence-electron chi connectivity index (χ0n) is 14.2. The second kappa shape index (κ2) is 13.4. The molecule has 0 amide bonds. The van der Waals surface area contributed by atoms with Crippen molar-refractivity contribution in [3.8, 4) is 0 Å². The number of rotatable bonds is 12. The minimum absolute atomic E-state index is 0.0708. The van der Waals surface area contributed by atoms with Gasteiger partial charge in [-0.3, -0.25) is 0 Å². The molecule has 0 aliphatic carbocycles. The van der Waals surface area contributed by atoms with Gasteiger partial charge in [-0.2, -0.15) is 0 Å². The fraction of sp³-hybridized carbons (Fsp3) is 0.778. The van der Waals surface area contributed by atoms with Crippen molar-refractivity contribution in [1.29, 1.82) is 0 Å². The number of methoxy groups -OCH3 is 2. The van der Waals surface area contributed by atoms with E-state index in [4.69, 9.17) is 9.47 Å². The third-order valence-electron chi connectivity index (χ3n) is 3.63. The lowest BCUT2D eigenvalue weighted by Gasteiger charge is -2.12. The van der Waals surface area contributed by atoms with Crippen LogP contribution >= 0.6 is 0 Å². The molecule has 0 unspecified atom stereocenters. The van der Waals surface area contributed by atoms with E-state index in [0.717, 1.165) is 19.3 Å². The smallest absolute Gasteiger partial charge is 0.157 e. The van der Waals surface area contributed by atoms with Gasteiger partial charge in [0, 0.05) is 20.6 Å². The summed E-state index contributed by atoms with van der Waals surface area (Å²) in [5.41, 5.74) is 2.96. The topological polar surface area (TPSA) is 18.5 Å². The summed E-state index contributed by atoms with van der Waals surface area (Å²) in [6, 6.07) is 0. The van der Waals surface area contributed by atoms with Gasteiger partial charge in [0.15, 0.2) is 6.29 Å². The lowest BCUT2D eigenvalue weighted by molar-refractivity contribution is -0.105. The van der Waals surface area contributed by atoms with E-state index >= 15 is 0 Å². The highest BCUT2D eigenvalue weighted by Crippen LogP contribution is 2.13. The van der Waals surface area contributed by atoms with Gasteiger partial charge >= 0.3 is 0 Å². The molecule has 0 aromatic carbocycles. The van der Waals surface area contributed by atoms with Crippen molar-refractivity contribution >= 4 is 0 Å². The minimum Gasteiger partial charge on any atom is -0.356 e. The molecule has 0 N–H and O–H groups in total. The third kappa shape index (κ3) is 11.2. The molecular weight excluding hydrogens is 248 g/mol. The van der Waals surface area contributed by atoms with Crippen LogP contribution < -0.4 is 0 Å². The second-order valence-electron chi connectivity index (χ2n) is 5.58. The van der Waals surface area contributed by atoms with Crippen molar-refractivity contribution in [3.05, 3.63) is 23.3 Å². The maximum absolute atomic E-state index is 5.20. The molecule has 0 heterocycles. The maximum atomic E-state index is 5.20. The van der Waals surface area contributed by atoms with Crippen molar-refractivity contribution in [2.45, 2.75) is 78.4 Å². The Morgan fingerprint density at radius 1 is 0.900 bits per heavy atom. The molecular formula is C18H34O2. The van der Waals surface area contributed by atoms with Crippen LogP contribution in [0.5, 0.6) is 0 Å². The van der Waals surface area contributed by atoms with E-state index in [1.807, 2.05) is 0 Å². The number of allylic oxidation sites excluding steroid dienone is 4. The summed E-state index contributed by atoms with van der Waals surface area (Å²) in [4.78, 5) is 0. The Bertz CT molecular complexity index is 275.